The minimum atomic E-state index is 0.201. The van der Waals surface area contributed by atoms with E-state index in [1.807, 2.05) is 9.80 Å². The van der Waals surface area contributed by atoms with Gasteiger partial charge in [0.2, 0.25) is 11.8 Å². The van der Waals surface area contributed by atoms with E-state index < -0.39 is 0 Å². The Balaban J connectivity index is 1.27. The summed E-state index contributed by atoms with van der Waals surface area (Å²) in [5.41, 5.74) is 0. The molecule has 6 heteroatoms. The molecular formula is C18H31N3O2S. The predicted molar refractivity (Wildman–Crippen MR) is 98.1 cm³/mol. The first-order valence-electron chi connectivity index (χ1n) is 9.59. The van der Waals surface area contributed by atoms with Gasteiger partial charge in [-0.15, -0.1) is 11.8 Å². The first-order valence-corrected chi connectivity index (χ1v) is 10.7. The largest absolute Gasteiger partial charge is 0.342 e. The molecule has 2 saturated heterocycles. The molecule has 0 radical (unpaired) electrons. The van der Waals surface area contributed by atoms with Crippen LogP contribution in [-0.4, -0.2) is 71.9 Å². The Kier molecular flexibility index (Phi) is 6.84. The van der Waals surface area contributed by atoms with Crippen molar-refractivity contribution in [3.05, 3.63) is 0 Å². The van der Waals surface area contributed by atoms with Gasteiger partial charge >= 0.3 is 0 Å². The molecule has 1 aliphatic carbocycles. The van der Waals surface area contributed by atoms with Crippen LogP contribution in [0.1, 0.15) is 44.9 Å². The van der Waals surface area contributed by atoms with Crippen molar-refractivity contribution in [2.45, 2.75) is 51.0 Å². The van der Waals surface area contributed by atoms with Crippen LogP contribution in [0.15, 0.2) is 0 Å². The van der Waals surface area contributed by atoms with E-state index >= 15 is 0 Å². The summed E-state index contributed by atoms with van der Waals surface area (Å²) >= 11 is 1.48. The number of likely N-dealkylation sites (tertiary alicyclic amines) is 2. The number of nitrogens with one attached hydrogen (secondary N) is 1. The maximum Gasteiger partial charge on any atom is 0.232 e. The predicted octanol–water partition coefficient (Wildman–Crippen LogP) is 1.72. The Labute approximate surface area is 149 Å². The third-order valence-corrected chi connectivity index (χ3v) is 6.30. The molecule has 24 heavy (non-hydrogen) atoms. The molecule has 0 aromatic heterocycles. The van der Waals surface area contributed by atoms with Crippen LogP contribution in [0.4, 0.5) is 0 Å². The fourth-order valence-electron chi connectivity index (χ4n) is 3.54. The van der Waals surface area contributed by atoms with Crippen LogP contribution >= 0.6 is 11.8 Å². The number of piperidine rings is 2. The molecule has 0 spiro atoms. The Bertz CT molecular complexity index is 428. The number of amides is 2. The fourth-order valence-corrected chi connectivity index (χ4v) is 4.36. The molecule has 0 atom stereocenters. The zero-order chi connectivity index (χ0) is 16.8. The second kappa shape index (κ2) is 9.09. The molecule has 0 unspecified atom stereocenters. The van der Waals surface area contributed by atoms with E-state index in [4.69, 9.17) is 0 Å². The Morgan fingerprint density at radius 3 is 2.00 bits per heavy atom. The number of carbonyl (C=O) groups is 2. The highest BCUT2D eigenvalue weighted by molar-refractivity contribution is 8.00. The SMILES string of the molecule is O=C(CSCC(=O)N1CCC(NCC2CC2)CC1)N1CCCCC1. The van der Waals surface area contributed by atoms with Crippen LogP contribution in [0.5, 0.6) is 0 Å². The Morgan fingerprint density at radius 2 is 1.42 bits per heavy atom. The first kappa shape index (κ1) is 18.1. The van der Waals surface area contributed by atoms with Crippen LogP contribution in [0.2, 0.25) is 0 Å². The van der Waals surface area contributed by atoms with Crippen molar-refractivity contribution in [2.24, 2.45) is 5.92 Å². The minimum Gasteiger partial charge on any atom is -0.342 e. The standard InChI is InChI=1S/C18H31N3O2S/c22-17(20-8-2-1-3-9-20)13-24-14-18(23)21-10-6-16(7-11-21)19-12-15-4-5-15/h15-16,19H,1-14H2. The van der Waals surface area contributed by atoms with Crippen LogP contribution < -0.4 is 5.32 Å². The molecule has 2 aliphatic heterocycles. The van der Waals surface area contributed by atoms with Crippen molar-refractivity contribution in [1.82, 2.24) is 15.1 Å². The highest BCUT2D eigenvalue weighted by atomic mass is 32.2. The summed E-state index contributed by atoms with van der Waals surface area (Å²) in [6.45, 7) is 4.68. The number of hydrogen-bond donors (Lipinski definition) is 1. The van der Waals surface area contributed by atoms with Crippen molar-refractivity contribution in [1.29, 1.82) is 0 Å². The molecule has 3 aliphatic rings. The average Bonchev–Trinajstić information content (AvgIpc) is 3.45. The lowest BCUT2D eigenvalue weighted by Gasteiger charge is -2.32. The summed E-state index contributed by atoms with van der Waals surface area (Å²) in [5, 5.41) is 3.64. The van der Waals surface area contributed by atoms with E-state index in [0.717, 1.165) is 64.3 Å². The van der Waals surface area contributed by atoms with Gasteiger partial charge in [-0.3, -0.25) is 9.59 Å². The monoisotopic (exact) mass is 353 g/mol. The highest BCUT2D eigenvalue weighted by Crippen LogP contribution is 2.28. The van der Waals surface area contributed by atoms with E-state index in [2.05, 4.69) is 5.32 Å². The molecule has 3 rings (SSSR count). The van der Waals surface area contributed by atoms with Crippen molar-refractivity contribution in [3.8, 4) is 0 Å². The Morgan fingerprint density at radius 1 is 0.833 bits per heavy atom. The van der Waals surface area contributed by atoms with Gasteiger partial charge in [0.05, 0.1) is 11.5 Å². The van der Waals surface area contributed by atoms with Gasteiger partial charge in [0.1, 0.15) is 0 Å². The molecule has 2 heterocycles. The van der Waals surface area contributed by atoms with E-state index in [1.165, 1.54) is 31.0 Å². The lowest BCUT2D eigenvalue weighted by Crippen LogP contribution is -2.46. The van der Waals surface area contributed by atoms with Crippen molar-refractivity contribution in [3.63, 3.8) is 0 Å². The van der Waals surface area contributed by atoms with Gasteiger partial charge in [0.25, 0.3) is 0 Å². The third-order valence-electron chi connectivity index (χ3n) is 5.40. The number of rotatable bonds is 7. The summed E-state index contributed by atoms with van der Waals surface area (Å²) in [7, 11) is 0. The molecule has 1 saturated carbocycles. The maximum atomic E-state index is 12.3. The molecule has 3 fully saturated rings. The summed E-state index contributed by atoms with van der Waals surface area (Å²) in [6, 6.07) is 0.586. The maximum absolute atomic E-state index is 12.3. The normalized spacial score (nSPS) is 22.7. The Hall–Kier alpha value is -0.750. The lowest BCUT2D eigenvalue weighted by molar-refractivity contribution is -0.129. The van der Waals surface area contributed by atoms with E-state index in [1.54, 1.807) is 0 Å². The minimum absolute atomic E-state index is 0.201. The summed E-state index contributed by atoms with van der Waals surface area (Å²) < 4.78 is 0. The van der Waals surface area contributed by atoms with E-state index in [9.17, 15) is 9.59 Å². The van der Waals surface area contributed by atoms with Crippen LogP contribution in [0, 0.1) is 5.92 Å². The fraction of sp³-hybridized carbons (Fsp3) is 0.889. The van der Waals surface area contributed by atoms with Gasteiger partial charge in [-0.25, -0.2) is 0 Å². The number of thioether (sulfide) groups is 1. The smallest absolute Gasteiger partial charge is 0.232 e. The van der Waals surface area contributed by atoms with Crippen LogP contribution in [0.25, 0.3) is 0 Å². The number of hydrogen-bond acceptors (Lipinski definition) is 4. The molecule has 5 nitrogen and oxygen atoms in total. The van der Waals surface area contributed by atoms with Crippen LogP contribution in [-0.2, 0) is 9.59 Å². The molecule has 2 amide bonds. The summed E-state index contributed by atoms with van der Waals surface area (Å²) in [6.07, 6.45) is 8.39. The number of nitrogens with zero attached hydrogens (tertiary/aromatic N) is 2. The zero-order valence-corrected chi connectivity index (χ0v) is 15.5. The first-order chi connectivity index (χ1) is 11.7. The molecular weight excluding hydrogens is 322 g/mol. The zero-order valence-electron chi connectivity index (χ0n) is 14.7. The van der Waals surface area contributed by atoms with Gasteiger partial charge in [-0.1, -0.05) is 0 Å². The quantitative estimate of drug-likeness (QED) is 0.757. The second-order valence-corrected chi connectivity index (χ2v) is 8.43. The van der Waals surface area contributed by atoms with Gasteiger partial charge in [0, 0.05) is 32.2 Å². The lowest BCUT2D eigenvalue weighted by atomic mass is 10.0. The van der Waals surface area contributed by atoms with Gasteiger partial charge < -0.3 is 15.1 Å². The average molecular weight is 354 g/mol. The van der Waals surface area contributed by atoms with Crippen molar-refractivity contribution in [2.75, 3.05) is 44.2 Å². The number of carbonyl (C=O) groups excluding carboxylic acids is 2. The van der Waals surface area contributed by atoms with Gasteiger partial charge in [-0.2, -0.15) is 0 Å². The van der Waals surface area contributed by atoms with Crippen LogP contribution in [0.3, 0.4) is 0 Å². The van der Waals surface area contributed by atoms with Crippen molar-refractivity contribution < 1.29 is 9.59 Å². The van der Waals surface area contributed by atoms with Gasteiger partial charge in [-0.05, 0) is 57.4 Å². The molecule has 0 aromatic carbocycles. The molecule has 1 N–H and O–H groups in total. The highest BCUT2D eigenvalue weighted by Gasteiger charge is 2.26. The van der Waals surface area contributed by atoms with E-state index in [-0.39, 0.29) is 11.8 Å². The molecule has 136 valence electrons. The third kappa shape index (κ3) is 5.66. The molecule has 0 bridgehead atoms. The topological polar surface area (TPSA) is 52.7 Å². The van der Waals surface area contributed by atoms with E-state index in [0.29, 0.717) is 17.5 Å². The second-order valence-electron chi connectivity index (χ2n) is 7.44. The summed E-state index contributed by atoms with van der Waals surface area (Å²) in [4.78, 5) is 28.3. The molecule has 0 aromatic rings. The van der Waals surface area contributed by atoms with Gasteiger partial charge in [0.15, 0.2) is 0 Å². The summed E-state index contributed by atoms with van der Waals surface area (Å²) in [5.74, 6) is 2.21. The van der Waals surface area contributed by atoms with Crippen molar-refractivity contribution >= 4 is 23.6 Å².